The van der Waals surface area contributed by atoms with Crippen LogP contribution in [0.1, 0.15) is 45.6 Å². The minimum Gasteiger partial charge on any atom is -0.494 e. The summed E-state index contributed by atoms with van der Waals surface area (Å²) < 4.78 is 5.55. The molecular formula is C17H25NO4. The summed E-state index contributed by atoms with van der Waals surface area (Å²) in [6, 6.07) is 7.47. The Kier molecular flexibility index (Phi) is 6.89. The molecule has 22 heavy (non-hydrogen) atoms. The van der Waals surface area contributed by atoms with Crippen LogP contribution in [0, 0.1) is 0 Å². The quantitative estimate of drug-likeness (QED) is 0.735. The molecule has 0 aliphatic heterocycles. The Hall–Kier alpha value is -2.04. The molecule has 0 atom stereocenters. The molecule has 0 heterocycles. The molecule has 0 saturated heterocycles. The molecule has 1 rings (SSSR count). The van der Waals surface area contributed by atoms with Gasteiger partial charge in [-0.1, -0.05) is 19.1 Å². The molecule has 1 aromatic carbocycles. The summed E-state index contributed by atoms with van der Waals surface area (Å²) in [4.78, 5) is 22.7. The lowest BCUT2D eigenvalue weighted by Gasteiger charge is -2.25. The molecule has 0 unspecified atom stereocenters. The number of rotatable bonds is 9. The smallest absolute Gasteiger partial charge is 0.303 e. The molecule has 0 fully saturated rings. The number of carboxylic acid groups (broad SMARTS) is 1. The first-order valence-electron chi connectivity index (χ1n) is 7.57. The molecule has 0 aromatic heterocycles. The first kappa shape index (κ1) is 18.0. The van der Waals surface area contributed by atoms with Crippen molar-refractivity contribution < 1.29 is 19.4 Å². The third-order valence-electron chi connectivity index (χ3n) is 3.18. The Morgan fingerprint density at radius 1 is 1.32 bits per heavy atom. The maximum Gasteiger partial charge on any atom is 0.303 e. The van der Waals surface area contributed by atoms with Gasteiger partial charge in [0, 0.05) is 12.0 Å². The molecule has 122 valence electrons. The maximum atomic E-state index is 12.1. The minimum atomic E-state index is -0.858. The minimum absolute atomic E-state index is 0.0353. The van der Waals surface area contributed by atoms with Gasteiger partial charge in [0.15, 0.2) is 0 Å². The van der Waals surface area contributed by atoms with E-state index in [0.717, 1.165) is 17.7 Å². The fourth-order valence-electron chi connectivity index (χ4n) is 2.05. The van der Waals surface area contributed by atoms with Gasteiger partial charge in [-0.15, -0.1) is 0 Å². The summed E-state index contributed by atoms with van der Waals surface area (Å²) in [5.74, 6) is -0.219. The second-order valence-electron chi connectivity index (χ2n) is 6.00. The van der Waals surface area contributed by atoms with Crippen LogP contribution < -0.4 is 10.1 Å². The Balaban J connectivity index is 2.55. The summed E-state index contributed by atoms with van der Waals surface area (Å²) in [6.07, 6.45) is 1.61. The number of carbonyl (C=O) groups is 2. The highest BCUT2D eigenvalue weighted by Crippen LogP contribution is 2.15. The predicted molar refractivity (Wildman–Crippen MR) is 85.0 cm³/mol. The van der Waals surface area contributed by atoms with Gasteiger partial charge in [-0.3, -0.25) is 9.59 Å². The third-order valence-corrected chi connectivity index (χ3v) is 3.18. The van der Waals surface area contributed by atoms with E-state index in [1.54, 1.807) is 0 Å². The zero-order chi connectivity index (χ0) is 16.6. The Labute approximate surface area is 131 Å². The molecule has 0 radical (unpaired) electrons. The van der Waals surface area contributed by atoms with Crippen LogP contribution in [0.5, 0.6) is 5.75 Å². The van der Waals surface area contributed by atoms with Crippen LogP contribution in [-0.4, -0.2) is 29.1 Å². The van der Waals surface area contributed by atoms with Crippen molar-refractivity contribution in [3.63, 3.8) is 0 Å². The lowest BCUT2D eigenvalue weighted by molar-refractivity contribution is -0.137. The normalized spacial score (nSPS) is 11.0. The number of aliphatic carboxylic acids is 1. The Morgan fingerprint density at radius 3 is 2.68 bits per heavy atom. The van der Waals surface area contributed by atoms with Crippen LogP contribution in [0.2, 0.25) is 0 Å². The molecule has 0 spiro atoms. The Morgan fingerprint density at radius 2 is 2.05 bits per heavy atom. The van der Waals surface area contributed by atoms with E-state index in [9.17, 15) is 9.59 Å². The molecule has 5 nitrogen and oxygen atoms in total. The maximum absolute atomic E-state index is 12.1. The lowest BCUT2D eigenvalue weighted by Crippen LogP contribution is -2.44. The van der Waals surface area contributed by atoms with Gasteiger partial charge in [-0.05, 0) is 44.4 Å². The van der Waals surface area contributed by atoms with Crippen molar-refractivity contribution in [2.45, 2.75) is 52.0 Å². The topological polar surface area (TPSA) is 75.6 Å². The molecule has 1 amide bonds. The number of carbonyl (C=O) groups excluding carboxylic acids is 1. The van der Waals surface area contributed by atoms with Gasteiger partial charge in [-0.2, -0.15) is 0 Å². The average molecular weight is 307 g/mol. The Bertz CT molecular complexity index is 511. The van der Waals surface area contributed by atoms with Crippen LogP contribution in [0.4, 0.5) is 0 Å². The highest BCUT2D eigenvalue weighted by Gasteiger charge is 2.21. The number of carboxylic acids is 1. The highest BCUT2D eigenvalue weighted by atomic mass is 16.5. The van der Waals surface area contributed by atoms with Crippen LogP contribution in [0.15, 0.2) is 24.3 Å². The number of amides is 1. The molecule has 0 aliphatic rings. The van der Waals surface area contributed by atoms with E-state index in [2.05, 4.69) is 5.32 Å². The van der Waals surface area contributed by atoms with Crippen molar-refractivity contribution in [2.75, 3.05) is 6.61 Å². The van der Waals surface area contributed by atoms with Crippen LogP contribution >= 0.6 is 0 Å². The van der Waals surface area contributed by atoms with E-state index in [0.29, 0.717) is 13.0 Å². The summed E-state index contributed by atoms with van der Waals surface area (Å²) >= 11 is 0. The molecule has 0 bridgehead atoms. The average Bonchev–Trinajstić information content (AvgIpc) is 2.43. The number of hydrogen-bond donors (Lipinski definition) is 2. The fraction of sp³-hybridized carbons (Fsp3) is 0.529. The standard InChI is InChI=1S/C17H25NO4/c1-4-10-22-14-7-5-6-13(11-14)12-15(19)18-17(2,3)9-8-16(20)21/h5-7,11H,4,8-10,12H2,1-3H3,(H,18,19)(H,20,21). The second kappa shape index (κ2) is 8.41. The first-order chi connectivity index (χ1) is 10.3. The summed E-state index contributed by atoms with van der Waals surface area (Å²) in [7, 11) is 0. The number of ether oxygens (including phenoxy) is 1. The lowest BCUT2D eigenvalue weighted by atomic mass is 9.98. The van der Waals surface area contributed by atoms with Crippen LogP contribution in [0.3, 0.4) is 0 Å². The second-order valence-corrected chi connectivity index (χ2v) is 6.00. The van der Waals surface area contributed by atoms with Gasteiger partial charge in [0.25, 0.3) is 0 Å². The van der Waals surface area contributed by atoms with E-state index >= 15 is 0 Å². The van der Waals surface area contributed by atoms with E-state index in [-0.39, 0.29) is 18.7 Å². The molecule has 1 aromatic rings. The van der Waals surface area contributed by atoms with Gasteiger partial charge in [0.05, 0.1) is 13.0 Å². The van der Waals surface area contributed by atoms with Crippen molar-refractivity contribution in [3.05, 3.63) is 29.8 Å². The van der Waals surface area contributed by atoms with E-state index in [1.807, 2.05) is 45.0 Å². The van der Waals surface area contributed by atoms with Crippen molar-refractivity contribution in [1.29, 1.82) is 0 Å². The molecule has 0 aliphatic carbocycles. The van der Waals surface area contributed by atoms with Crippen LogP contribution in [0.25, 0.3) is 0 Å². The fourth-order valence-corrected chi connectivity index (χ4v) is 2.05. The van der Waals surface area contributed by atoms with E-state index < -0.39 is 11.5 Å². The SMILES string of the molecule is CCCOc1cccc(CC(=O)NC(C)(C)CCC(=O)O)c1. The number of benzene rings is 1. The van der Waals surface area contributed by atoms with Gasteiger partial charge < -0.3 is 15.2 Å². The number of nitrogens with one attached hydrogen (secondary N) is 1. The third kappa shape index (κ3) is 7.11. The summed E-state index contributed by atoms with van der Waals surface area (Å²) in [5, 5.41) is 11.6. The first-order valence-corrected chi connectivity index (χ1v) is 7.57. The van der Waals surface area contributed by atoms with E-state index in [1.165, 1.54) is 0 Å². The predicted octanol–water partition coefficient (Wildman–Crippen LogP) is 2.78. The molecular weight excluding hydrogens is 282 g/mol. The zero-order valence-corrected chi connectivity index (χ0v) is 13.5. The van der Waals surface area contributed by atoms with Crippen LogP contribution in [-0.2, 0) is 16.0 Å². The zero-order valence-electron chi connectivity index (χ0n) is 13.5. The molecule has 0 saturated carbocycles. The van der Waals surface area contributed by atoms with Crippen molar-refractivity contribution in [3.8, 4) is 5.75 Å². The molecule has 5 heteroatoms. The largest absolute Gasteiger partial charge is 0.494 e. The van der Waals surface area contributed by atoms with E-state index in [4.69, 9.17) is 9.84 Å². The van der Waals surface area contributed by atoms with Crippen molar-refractivity contribution in [1.82, 2.24) is 5.32 Å². The van der Waals surface area contributed by atoms with Gasteiger partial charge in [0.1, 0.15) is 5.75 Å². The van der Waals surface area contributed by atoms with Gasteiger partial charge >= 0.3 is 5.97 Å². The summed E-state index contributed by atoms with van der Waals surface area (Å²) in [5.41, 5.74) is 0.339. The van der Waals surface area contributed by atoms with Crippen molar-refractivity contribution >= 4 is 11.9 Å². The van der Waals surface area contributed by atoms with Crippen molar-refractivity contribution in [2.24, 2.45) is 0 Å². The summed E-state index contributed by atoms with van der Waals surface area (Å²) in [6.45, 7) is 6.34. The van der Waals surface area contributed by atoms with Gasteiger partial charge in [-0.25, -0.2) is 0 Å². The monoisotopic (exact) mass is 307 g/mol. The molecule has 2 N–H and O–H groups in total. The number of hydrogen-bond acceptors (Lipinski definition) is 3. The van der Waals surface area contributed by atoms with Gasteiger partial charge in [0.2, 0.25) is 5.91 Å². The highest BCUT2D eigenvalue weighted by molar-refractivity contribution is 5.79.